The van der Waals surface area contributed by atoms with Crippen molar-refractivity contribution in [1.82, 2.24) is 19.6 Å². The number of hydrogen-bond donors (Lipinski definition) is 0. The van der Waals surface area contributed by atoms with Gasteiger partial charge in [0, 0.05) is 31.4 Å². The van der Waals surface area contributed by atoms with Crippen LogP contribution in [0.25, 0.3) is 5.52 Å². The van der Waals surface area contributed by atoms with E-state index in [1.165, 1.54) is 6.07 Å². The number of aryl methyl sites for hydroxylation is 1. The molecule has 4 rings (SSSR count). The van der Waals surface area contributed by atoms with Gasteiger partial charge >= 0.3 is 6.18 Å². The summed E-state index contributed by atoms with van der Waals surface area (Å²) in [6.07, 6.45) is 0.511. The van der Waals surface area contributed by atoms with Crippen LogP contribution in [0.3, 0.4) is 0 Å². The molecule has 8 heteroatoms. The van der Waals surface area contributed by atoms with E-state index in [0.29, 0.717) is 25.1 Å². The summed E-state index contributed by atoms with van der Waals surface area (Å²) in [7, 11) is 0. The van der Waals surface area contributed by atoms with Crippen LogP contribution in [0.1, 0.15) is 27.9 Å². The Labute approximate surface area is 142 Å². The summed E-state index contributed by atoms with van der Waals surface area (Å²) in [6.45, 7) is 5.00. The van der Waals surface area contributed by atoms with Crippen molar-refractivity contribution in [3.8, 4) is 0 Å². The molecule has 0 bridgehead atoms. The van der Waals surface area contributed by atoms with Crippen molar-refractivity contribution in [2.75, 3.05) is 11.4 Å². The molecular weight excluding hydrogens is 331 g/mol. The van der Waals surface area contributed by atoms with Crippen LogP contribution in [0.5, 0.6) is 0 Å². The fourth-order valence-electron chi connectivity index (χ4n) is 3.24. The van der Waals surface area contributed by atoms with Crippen molar-refractivity contribution in [2.24, 2.45) is 0 Å². The van der Waals surface area contributed by atoms with E-state index in [1.54, 1.807) is 17.0 Å². The average molecular weight is 347 g/mol. The Morgan fingerprint density at radius 3 is 2.68 bits per heavy atom. The number of hydrogen-bond acceptors (Lipinski definition) is 4. The Hall–Kier alpha value is -2.64. The van der Waals surface area contributed by atoms with Gasteiger partial charge in [-0.2, -0.15) is 13.2 Å². The molecule has 0 amide bonds. The Morgan fingerprint density at radius 1 is 1.12 bits per heavy atom. The molecular formula is C17H16F3N5. The number of imidazole rings is 1. The largest absolute Gasteiger partial charge is 0.417 e. The highest BCUT2D eigenvalue weighted by atomic mass is 19.4. The van der Waals surface area contributed by atoms with Crippen LogP contribution < -0.4 is 4.90 Å². The molecule has 0 atom stereocenters. The van der Waals surface area contributed by atoms with Gasteiger partial charge < -0.3 is 4.90 Å². The van der Waals surface area contributed by atoms with Gasteiger partial charge in [-0.05, 0) is 36.6 Å². The molecule has 0 fully saturated rings. The van der Waals surface area contributed by atoms with Gasteiger partial charge in [0.2, 0.25) is 0 Å². The number of halogens is 3. The summed E-state index contributed by atoms with van der Waals surface area (Å²) in [5, 5.41) is 4.60. The van der Waals surface area contributed by atoms with E-state index in [-0.39, 0.29) is 0 Å². The second-order valence-corrected chi connectivity index (χ2v) is 6.30. The molecule has 0 unspecified atom stereocenters. The molecule has 1 aliphatic heterocycles. The molecule has 4 heterocycles. The maximum absolute atomic E-state index is 13.0. The lowest BCUT2D eigenvalue weighted by molar-refractivity contribution is -0.137. The molecule has 5 nitrogen and oxygen atoms in total. The molecule has 0 saturated heterocycles. The molecule has 3 aromatic rings. The van der Waals surface area contributed by atoms with Crippen LogP contribution in [0.4, 0.5) is 19.0 Å². The van der Waals surface area contributed by atoms with Crippen molar-refractivity contribution >= 4 is 11.3 Å². The lowest BCUT2D eigenvalue weighted by atomic mass is 10.0. The first kappa shape index (κ1) is 15.9. The Kier molecular flexibility index (Phi) is 3.45. The van der Waals surface area contributed by atoms with Gasteiger partial charge in [0.1, 0.15) is 6.33 Å². The SMILES string of the molecule is Cc1c(N2CCc3ncc(C(F)(F)F)cc3C2)nn2cncc2c1C. The lowest BCUT2D eigenvalue weighted by Crippen LogP contribution is -2.33. The van der Waals surface area contributed by atoms with E-state index < -0.39 is 11.7 Å². The highest BCUT2D eigenvalue weighted by molar-refractivity contribution is 5.62. The number of fused-ring (bicyclic) bond motifs is 2. The quantitative estimate of drug-likeness (QED) is 0.677. The topological polar surface area (TPSA) is 46.3 Å². The third kappa shape index (κ3) is 2.61. The number of alkyl halides is 3. The molecule has 1 aliphatic rings. The first-order valence-electron chi connectivity index (χ1n) is 7.94. The van der Waals surface area contributed by atoms with Gasteiger partial charge in [-0.1, -0.05) is 0 Å². The van der Waals surface area contributed by atoms with Crippen LogP contribution in [0, 0.1) is 13.8 Å². The zero-order chi connectivity index (χ0) is 17.8. The normalized spacial score (nSPS) is 14.8. The maximum Gasteiger partial charge on any atom is 0.417 e. The molecule has 0 aliphatic carbocycles. The second-order valence-electron chi connectivity index (χ2n) is 6.30. The van der Waals surface area contributed by atoms with Gasteiger partial charge in [0.15, 0.2) is 5.82 Å². The Bertz CT molecular complexity index is 961. The molecule has 0 saturated carbocycles. The Balaban J connectivity index is 1.74. The van der Waals surface area contributed by atoms with Gasteiger partial charge in [-0.25, -0.2) is 9.50 Å². The van der Waals surface area contributed by atoms with Crippen LogP contribution in [-0.4, -0.2) is 26.1 Å². The highest BCUT2D eigenvalue weighted by Gasteiger charge is 2.32. The van der Waals surface area contributed by atoms with Gasteiger partial charge in [0.25, 0.3) is 0 Å². The summed E-state index contributed by atoms with van der Waals surface area (Å²) >= 11 is 0. The van der Waals surface area contributed by atoms with Crippen molar-refractivity contribution in [3.05, 3.63) is 52.7 Å². The lowest BCUT2D eigenvalue weighted by Gasteiger charge is -2.31. The van der Waals surface area contributed by atoms with Crippen molar-refractivity contribution in [2.45, 2.75) is 33.0 Å². The number of pyridine rings is 1. The van der Waals surface area contributed by atoms with E-state index >= 15 is 0 Å². The van der Waals surface area contributed by atoms with E-state index in [1.807, 2.05) is 18.7 Å². The fourth-order valence-corrected chi connectivity index (χ4v) is 3.24. The van der Waals surface area contributed by atoms with E-state index in [9.17, 15) is 13.2 Å². The highest BCUT2D eigenvalue weighted by Crippen LogP contribution is 2.32. The number of anilines is 1. The smallest absolute Gasteiger partial charge is 0.350 e. The summed E-state index contributed by atoms with van der Waals surface area (Å²) in [6, 6.07) is 1.20. The minimum atomic E-state index is -4.38. The van der Waals surface area contributed by atoms with E-state index in [4.69, 9.17) is 0 Å². The Morgan fingerprint density at radius 2 is 1.92 bits per heavy atom. The minimum absolute atomic E-state index is 0.361. The molecule has 0 spiro atoms. The summed E-state index contributed by atoms with van der Waals surface area (Å²) < 4.78 is 40.6. The number of aromatic nitrogens is 4. The first-order valence-corrected chi connectivity index (χ1v) is 7.94. The standard InChI is InChI=1S/C17H16F3N5/c1-10-11(2)16(23-25-9-21-7-15(10)25)24-4-3-14-12(8-24)5-13(6-22-14)17(18,19)20/h5-7,9H,3-4,8H2,1-2H3. The van der Waals surface area contributed by atoms with Crippen molar-refractivity contribution in [1.29, 1.82) is 0 Å². The van der Waals surface area contributed by atoms with Crippen LogP contribution in [-0.2, 0) is 19.1 Å². The number of nitrogens with zero attached hydrogens (tertiary/aromatic N) is 5. The third-order valence-electron chi connectivity index (χ3n) is 4.77. The molecule has 130 valence electrons. The predicted molar refractivity (Wildman–Crippen MR) is 86.5 cm³/mol. The molecule has 0 N–H and O–H groups in total. The molecule has 25 heavy (non-hydrogen) atoms. The zero-order valence-electron chi connectivity index (χ0n) is 13.8. The third-order valence-corrected chi connectivity index (χ3v) is 4.77. The van der Waals surface area contributed by atoms with E-state index in [0.717, 1.165) is 34.4 Å². The van der Waals surface area contributed by atoms with Crippen molar-refractivity contribution in [3.63, 3.8) is 0 Å². The predicted octanol–water partition coefficient (Wildman–Crippen LogP) is 3.32. The van der Waals surface area contributed by atoms with Crippen LogP contribution in [0.2, 0.25) is 0 Å². The van der Waals surface area contributed by atoms with Crippen LogP contribution in [0.15, 0.2) is 24.8 Å². The maximum atomic E-state index is 13.0. The van der Waals surface area contributed by atoms with E-state index in [2.05, 4.69) is 15.1 Å². The van der Waals surface area contributed by atoms with Crippen molar-refractivity contribution < 1.29 is 13.2 Å². The molecule has 0 aromatic carbocycles. The summed E-state index contributed by atoms with van der Waals surface area (Å²) in [4.78, 5) is 10.1. The first-order chi connectivity index (χ1) is 11.8. The molecule has 3 aromatic heterocycles. The fraction of sp³-hybridized carbons (Fsp3) is 0.353. The molecule has 0 radical (unpaired) electrons. The monoisotopic (exact) mass is 347 g/mol. The summed E-state index contributed by atoms with van der Waals surface area (Å²) in [5.74, 6) is 0.770. The summed E-state index contributed by atoms with van der Waals surface area (Å²) in [5.41, 5.74) is 3.62. The minimum Gasteiger partial charge on any atom is -0.350 e. The zero-order valence-corrected chi connectivity index (χ0v) is 13.8. The van der Waals surface area contributed by atoms with Gasteiger partial charge in [-0.15, -0.1) is 5.10 Å². The number of rotatable bonds is 1. The average Bonchev–Trinajstić information content (AvgIpc) is 3.05. The van der Waals surface area contributed by atoms with Gasteiger partial charge in [-0.3, -0.25) is 4.98 Å². The van der Waals surface area contributed by atoms with Crippen LogP contribution >= 0.6 is 0 Å². The second kappa shape index (κ2) is 5.44. The van der Waals surface area contributed by atoms with Gasteiger partial charge in [0.05, 0.1) is 17.3 Å².